The molecule has 0 bridgehead atoms. The van der Waals surface area contributed by atoms with Gasteiger partial charge >= 0.3 is 0 Å². The quantitative estimate of drug-likeness (QED) is 0.261. The molecule has 150 valence electrons. The number of thioether (sulfide) groups is 1. The van der Waals surface area contributed by atoms with Crippen molar-refractivity contribution in [3.8, 4) is 5.69 Å². The van der Waals surface area contributed by atoms with Crippen LogP contribution in [0.4, 0.5) is 5.69 Å². The standard InChI is InChI=1S/C22H15Br2N3O2S/c23-14-9-11-15(12-10-14)27-21(29)16-5-1-3-7-18(16)26-22(27)30-13-20(28)25-19-8-4-2-6-17(19)24/h1-12H,13H2,(H,25,28). The molecule has 0 saturated heterocycles. The molecule has 0 fully saturated rings. The number of fused-ring (bicyclic) bond motifs is 1. The summed E-state index contributed by atoms with van der Waals surface area (Å²) in [6.45, 7) is 0. The van der Waals surface area contributed by atoms with E-state index in [-0.39, 0.29) is 17.2 Å². The minimum absolute atomic E-state index is 0.114. The summed E-state index contributed by atoms with van der Waals surface area (Å²) in [6.07, 6.45) is 0. The summed E-state index contributed by atoms with van der Waals surface area (Å²) in [4.78, 5) is 30.4. The zero-order valence-corrected chi connectivity index (χ0v) is 19.5. The number of carbonyl (C=O) groups is 1. The zero-order chi connectivity index (χ0) is 21.1. The third kappa shape index (κ3) is 4.50. The number of halogens is 2. The van der Waals surface area contributed by atoms with Crippen LogP contribution in [0.1, 0.15) is 0 Å². The fourth-order valence-corrected chi connectivity index (χ4v) is 4.37. The van der Waals surface area contributed by atoms with E-state index in [0.29, 0.717) is 27.4 Å². The van der Waals surface area contributed by atoms with E-state index in [1.165, 1.54) is 11.8 Å². The summed E-state index contributed by atoms with van der Waals surface area (Å²) in [5.74, 6) is -0.0699. The minimum Gasteiger partial charge on any atom is -0.324 e. The van der Waals surface area contributed by atoms with Gasteiger partial charge in [0, 0.05) is 8.95 Å². The van der Waals surface area contributed by atoms with Crippen molar-refractivity contribution < 1.29 is 4.79 Å². The molecule has 0 unspecified atom stereocenters. The van der Waals surface area contributed by atoms with Crippen LogP contribution in [0.2, 0.25) is 0 Å². The smallest absolute Gasteiger partial charge is 0.266 e. The molecule has 30 heavy (non-hydrogen) atoms. The van der Waals surface area contributed by atoms with Crippen molar-refractivity contribution in [2.24, 2.45) is 0 Å². The SMILES string of the molecule is O=C(CSc1nc2ccccc2c(=O)n1-c1ccc(Br)cc1)Nc1ccccc1Br. The maximum absolute atomic E-state index is 13.2. The number of para-hydroxylation sites is 2. The molecule has 1 heterocycles. The fraction of sp³-hybridized carbons (Fsp3) is 0.0455. The van der Waals surface area contributed by atoms with Crippen LogP contribution >= 0.6 is 43.6 Å². The molecule has 8 heteroatoms. The van der Waals surface area contributed by atoms with Crippen molar-refractivity contribution >= 4 is 66.1 Å². The van der Waals surface area contributed by atoms with Crippen molar-refractivity contribution in [1.29, 1.82) is 0 Å². The Bertz CT molecular complexity index is 1290. The van der Waals surface area contributed by atoms with Crippen molar-refractivity contribution in [3.63, 3.8) is 0 Å². The van der Waals surface area contributed by atoms with Gasteiger partial charge in [0.05, 0.1) is 28.0 Å². The highest BCUT2D eigenvalue weighted by Gasteiger charge is 2.15. The molecule has 0 aliphatic carbocycles. The van der Waals surface area contributed by atoms with E-state index in [2.05, 4.69) is 42.2 Å². The maximum atomic E-state index is 13.2. The lowest BCUT2D eigenvalue weighted by atomic mass is 10.2. The Hall–Kier alpha value is -2.42. The molecule has 4 aromatic rings. The predicted octanol–water partition coefficient (Wildman–Crippen LogP) is 5.64. The highest BCUT2D eigenvalue weighted by atomic mass is 79.9. The highest BCUT2D eigenvalue weighted by molar-refractivity contribution is 9.10. The number of rotatable bonds is 5. The van der Waals surface area contributed by atoms with Crippen molar-refractivity contribution in [1.82, 2.24) is 9.55 Å². The number of hydrogen-bond acceptors (Lipinski definition) is 4. The average Bonchev–Trinajstić information content (AvgIpc) is 2.75. The lowest BCUT2D eigenvalue weighted by Crippen LogP contribution is -2.23. The van der Waals surface area contributed by atoms with Gasteiger partial charge in [-0.25, -0.2) is 4.98 Å². The predicted molar refractivity (Wildman–Crippen MR) is 129 cm³/mol. The average molecular weight is 545 g/mol. The number of aromatic nitrogens is 2. The summed E-state index contributed by atoms with van der Waals surface area (Å²) in [5.41, 5.74) is 1.82. The minimum atomic E-state index is -0.184. The van der Waals surface area contributed by atoms with Gasteiger partial charge in [0.15, 0.2) is 5.16 Å². The number of hydrogen-bond donors (Lipinski definition) is 1. The van der Waals surface area contributed by atoms with Crippen molar-refractivity contribution in [2.45, 2.75) is 5.16 Å². The Balaban J connectivity index is 1.68. The van der Waals surface area contributed by atoms with Crippen LogP contribution in [-0.4, -0.2) is 21.2 Å². The van der Waals surface area contributed by atoms with Gasteiger partial charge in [-0.15, -0.1) is 0 Å². The van der Waals surface area contributed by atoms with Gasteiger partial charge in [-0.3, -0.25) is 14.2 Å². The van der Waals surface area contributed by atoms with E-state index < -0.39 is 0 Å². The Morgan fingerprint density at radius 1 is 0.967 bits per heavy atom. The number of nitrogens with zero attached hydrogens (tertiary/aromatic N) is 2. The van der Waals surface area contributed by atoms with E-state index in [0.717, 1.165) is 8.95 Å². The lowest BCUT2D eigenvalue weighted by molar-refractivity contribution is -0.113. The van der Waals surface area contributed by atoms with Crippen LogP contribution in [0, 0.1) is 0 Å². The van der Waals surface area contributed by atoms with Crippen LogP contribution in [0.15, 0.2) is 91.7 Å². The van der Waals surface area contributed by atoms with E-state index in [1.54, 1.807) is 16.7 Å². The third-order valence-corrected chi connectivity index (χ3v) is 6.47. The molecule has 0 aliphatic heterocycles. The van der Waals surface area contributed by atoms with Gasteiger partial charge in [-0.2, -0.15) is 0 Å². The fourth-order valence-electron chi connectivity index (χ4n) is 2.91. The van der Waals surface area contributed by atoms with E-state index >= 15 is 0 Å². The van der Waals surface area contributed by atoms with Gasteiger partial charge in [0.1, 0.15) is 0 Å². The molecule has 5 nitrogen and oxygen atoms in total. The molecule has 4 rings (SSSR count). The summed E-state index contributed by atoms with van der Waals surface area (Å²) in [5, 5.41) is 3.86. The first-order valence-electron chi connectivity index (χ1n) is 8.98. The van der Waals surface area contributed by atoms with Gasteiger partial charge < -0.3 is 5.32 Å². The normalized spacial score (nSPS) is 10.9. The third-order valence-electron chi connectivity index (χ3n) is 4.31. The Kier molecular flexibility index (Phi) is 6.36. The second kappa shape index (κ2) is 9.16. The second-order valence-corrected chi connectivity index (χ2v) is 9.06. The number of anilines is 1. The zero-order valence-electron chi connectivity index (χ0n) is 15.5. The molecule has 0 atom stereocenters. The first kappa shape index (κ1) is 20.8. The molecular formula is C22H15Br2N3O2S. The lowest BCUT2D eigenvalue weighted by Gasteiger charge is -2.13. The monoisotopic (exact) mass is 543 g/mol. The Labute approximate surface area is 193 Å². The Morgan fingerprint density at radius 3 is 2.43 bits per heavy atom. The second-order valence-electron chi connectivity index (χ2n) is 6.35. The number of carbonyl (C=O) groups excluding carboxylic acids is 1. The van der Waals surface area contributed by atoms with Gasteiger partial charge in [0.25, 0.3) is 5.56 Å². The molecule has 1 N–H and O–H groups in total. The molecule has 1 amide bonds. The van der Waals surface area contributed by atoms with Crippen LogP contribution in [0.5, 0.6) is 0 Å². The summed E-state index contributed by atoms with van der Waals surface area (Å²) < 4.78 is 3.26. The van der Waals surface area contributed by atoms with Crippen LogP contribution in [-0.2, 0) is 4.79 Å². The summed E-state index contributed by atoms with van der Waals surface area (Å²) in [7, 11) is 0. The van der Waals surface area contributed by atoms with Crippen molar-refractivity contribution in [2.75, 3.05) is 11.1 Å². The van der Waals surface area contributed by atoms with Gasteiger partial charge in [-0.05, 0) is 64.5 Å². The molecule has 3 aromatic carbocycles. The topological polar surface area (TPSA) is 64.0 Å². The number of benzene rings is 3. The Morgan fingerprint density at radius 2 is 1.67 bits per heavy atom. The van der Waals surface area contributed by atoms with Gasteiger partial charge in [-0.1, -0.05) is 52.0 Å². The van der Waals surface area contributed by atoms with Crippen LogP contribution in [0.25, 0.3) is 16.6 Å². The van der Waals surface area contributed by atoms with Crippen LogP contribution < -0.4 is 10.9 Å². The molecule has 0 spiro atoms. The summed E-state index contributed by atoms with van der Waals surface area (Å²) in [6, 6.07) is 22.0. The van der Waals surface area contributed by atoms with Crippen LogP contribution in [0.3, 0.4) is 0 Å². The molecule has 1 aromatic heterocycles. The first-order valence-corrected chi connectivity index (χ1v) is 11.5. The molecule has 0 radical (unpaired) electrons. The van der Waals surface area contributed by atoms with Crippen molar-refractivity contribution in [3.05, 3.63) is 92.1 Å². The molecule has 0 aliphatic rings. The number of amides is 1. The largest absolute Gasteiger partial charge is 0.324 e. The van der Waals surface area contributed by atoms with E-state index in [4.69, 9.17) is 0 Å². The van der Waals surface area contributed by atoms with E-state index in [1.807, 2.05) is 60.7 Å². The van der Waals surface area contributed by atoms with Gasteiger partial charge in [0.2, 0.25) is 5.91 Å². The number of nitrogens with one attached hydrogen (secondary N) is 1. The highest BCUT2D eigenvalue weighted by Crippen LogP contribution is 2.24. The molecular weight excluding hydrogens is 530 g/mol. The van der Waals surface area contributed by atoms with E-state index in [9.17, 15) is 9.59 Å². The molecule has 0 saturated carbocycles. The first-order chi connectivity index (χ1) is 14.5. The summed E-state index contributed by atoms with van der Waals surface area (Å²) >= 11 is 8.06. The maximum Gasteiger partial charge on any atom is 0.266 e.